The van der Waals surface area contributed by atoms with Crippen LogP contribution in [0.5, 0.6) is 5.75 Å². The van der Waals surface area contributed by atoms with Crippen LogP contribution in [0.4, 0.5) is 0 Å². The molecule has 0 aliphatic rings. The number of hydrogen-bond acceptors (Lipinski definition) is 4. The predicted molar refractivity (Wildman–Crippen MR) is 39.4 cm³/mol. The van der Waals surface area contributed by atoms with E-state index in [2.05, 4.69) is 0 Å². The van der Waals surface area contributed by atoms with Gasteiger partial charge in [0.2, 0.25) is 0 Å². The van der Waals surface area contributed by atoms with Crippen LogP contribution < -0.4 is 4.74 Å². The molecule has 1 heterocycles. The van der Waals surface area contributed by atoms with Gasteiger partial charge in [0.1, 0.15) is 9.96 Å². The van der Waals surface area contributed by atoms with Gasteiger partial charge in [-0.05, 0) is 11.4 Å². The van der Waals surface area contributed by atoms with Gasteiger partial charge in [0, 0.05) is 12.0 Å². The van der Waals surface area contributed by atoms with Crippen molar-refractivity contribution in [1.29, 1.82) is 0 Å². The largest absolute Gasteiger partial charge is 0.495 e. The minimum atomic E-state index is 0.720. The number of rotatable bonds is 2. The van der Waals surface area contributed by atoms with E-state index < -0.39 is 0 Å². The summed E-state index contributed by atoms with van der Waals surface area (Å²) < 4.78 is 14.3. The van der Waals surface area contributed by atoms with Crippen molar-refractivity contribution < 1.29 is 9.29 Å². The molecule has 0 amide bonds. The second kappa shape index (κ2) is 3.10. The molecule has 0 radical (unpaired) electrons. The van der Waals surface area contributed by atoms with Gasteiger partial charge < -0.3 is 9.29 Å². The predicted octanol–water partition coefficient (Wildman–Crippen LogP) is 2.32. The molecule has 50 valence electrons. The summed E-state index contributed by atoms with van der Waals surface area (Å²) in [5.74, 6) is 0.743. The molecule has 0 saturated carbocycles. The SMILES string of the molecule is COc1ccsc1SO. The van der Waals surface area contributed by atoms with Gasteiger partial charge in [0.05, 0.1) is 7.11 Å². The van der Waals surface area contributed by atoms with Gasteiger partial charge in [-0.25, -0.2) is 0 Å². The molecule has 2 nitrogen and oxygen atoms in total. The van der Waals surface area contributed by atoms with Crippen molar-refractivity contribution in [2.75, 3.05) is 7.11 Å². The maximum atomic E-state index is 8.59. The van der Waals surface area contributed by atoms with Crippen molar-refractivity contribution in [3.63, 3.8) is 0 Å². The third kappa shape index (κ3) is 1.38. The summed E-state index contributed by atoms with van der Waals surface area (Å²) in [6.07, 6.45) is 0. The van der Waals surface area contributed by atoms with Crippen molar-refractivity contribution in [2.24, 2.45) is 0 Å². The summed E-state index contributed by atoms with van der Waals surface area (Å²) in [5, 5.41) is 1.87. The van der Waals surface area contributed by atoms with Gasteiger partial charge in [0.25, 0.3) is 0 Å². The molecular formula is C5H6O2S2. The molecule has 4 heteroatoms. The topological polar surface area (TPSA) is 29.5 Å². The summed E-state index contributed by atoms with van der Waals surface area (Å²) in [4.78, 5) is 0. The minimum Gasteiger partial charge on any atom is -0.495 e. The fraction of sp³-hybridized carbons (Fsp3) is 0.200. The third-order valence-electron chi connectivity index (χ3n) is 0.899. The molecule has 0 saturated heterocycles. The lowest BCUT2D eigenvalue weighted by Crippen LogP contribution is -1.78. The Bertz CT molecular complexity index is 166. The molecule has 1 aromatic rings. The van der Waals surface area contributed by atoms with Crippen LogP contribution in [-0.2, 0) is 0 Å². The van der Waals surface area contributed by atoms with Crippen molar-refractivity contribution in [3.8, 4) is 5.75 Å². The van der Waals surface area contributed by atoms with Crippen LogP contribution in [0.2, 0.25) is 0 Å². The Morgan fingerprint density at radius 3 is 3.00 bits per heavy atom. The fourth-order valence-corrected chi connectivity index (χ4v) is 1.66. The van der Waals surface area contributed by atoms with E-state index >= 15 is 0 Å². The number of methoxy groups -OCH3 is 1. The standard InChI is InChI=1S/C5H6O2S2/c1-7-4-2-3-8-5(4)9-6/h2-3,6H,1H3. The molecule has 1 N–H and O–H groups in total. The highest BCUT2D eigenvalue weighted by Gasteiger charge is 2.01. The second-order valence-electron chi connectivity index (χ2n) is 1.37. The Hall–Kier alpha value is -0.190. The van der Waals surface area contributed by atoms with Crippen molar-refractivity contribution in [1.82, 2.24) is 0 Å². The quantitative estimate of drug-likeness (QED) is 0.677. The lowest BCUT2D eigenvalue weighted by Gasteiger charge is -1.94. The summed E-state index contributed by atoms with van der Waals surface area (Å²) >= 11 is 2.18. The first-order valence-corrected chi connectivity index (χ1v) is 3.96. The Kier molecular flexibility index (Phi) is 2.38. The van der Waals surface area contributed by atoms with E-state index in [1.165, 1.54) is 11.3 Å². The summed E-state index contributed by atoms with van der Waals surface area (Å²) in [6.45, 7) is 0. The first-order chi connectivity index (χ1) is 4.38. The first-order valence-electron chi connectivity index (χ1n) is 2.31. The number of thiophene rings is 1. The maximum absolute atomic E-state index is 8.59. The smallest absolute Gasteiger partial charge is 0.145 e. The highest BCUT2D eigenvalue weighted by atomic mass is 32.2. The van der Waals surface area contributed by atoms with Crippen LogP contribution >= 0.6 is 23.4 Å². The van der Waals surface area contributed by atoms with Crippen LogP contribution in [0.25, 0.3) is 0 Å². The first kappa shape index (κ1) is 6.92. The number of ether oxygens (including phenoxy) is 1. The summed E-state index contributed by atoms with van der Waals surface area (Å²) in [7, 11) is 1.59. The molecule has 0 atom stereocenters. The van der Waals surface area contributed by atoms with E-state index in [1.54, 1.807) is 7.11 Å². The average Bonchev–Trinajstić information content (AvgIpc) is 2.33. The van der Waals surface area contributed by atoms with Gasteiger partial charge in [-0.15, -0.1) is 11.3 Å². The monoisotopic (exact) mass is 162 g/mol. The molecule has 0 fully saturated rings. The molecule has 0 aromatic carbocycles. The van der Waals surface area contributed by atoms with Gasteiger partial charge in [-0.3, -0.25) is 0 Å². The molecule has 0 spiro atoms. The molecule has 9 heavy (non-hydrogen) atoms. The van der Waals surface area contributed by atoms with Crippen LogP contribution in [0.1, 0.15) is 0 Å². The van der Waals surface area contributed by atoms with Gasteiger partial charge in [-0.1, -0.05) is 0 Å². The summed E-state index contributed by atoms with van der Waals surface area (Å²) in [6, 6.07) is 1.82. The van der Waals surface area contributed by atoms with Crippen molar-refractivity contribution in [3.05, 3.63) is 11.4 Å². The normalized spacial score (nSPS) is 9.56. The van der Waals surface area contributed by atoms with E-state index in [1.807, 2.05) is 11.4 Å². The van der Waals surface area contributed by atoms with E-state index in [9.17, 15) is 0 Å². The molecule has 0 aliphatic heterocycles. The van der Waals surface area contributed by atoms with Crippen LogP contribution in [0, 0.1) is 0 Å². The Morgan fingerprint density at radius 2 is 2.56 bits per heavy atom. The summed E-state index contributed by atoms with van der Waals surface area (Å²) in [5.41, 5.74) is 0. The molecule has 0 bridgehead atoms. The average molecular weight is 162 g/mol. The van der Waals surface area contributed by atoms with E-state index in [4.69, 9.17) is 9.29 Å². The van der Waals surface area contributed by atoms with Gasteiger partial charge in [0.15, 0.2) is 0 Å². The van der Waals surface area contributed by atoms with E-state index in [0.717, 1.165) is 22.0 Å². The third-order valence-corrected chi connectivity index (χ3v) is 2.47. The Morgan fingerprint density at radius 1 is 1.78 bits per heavy atom. The zero-order valence-corrected chi connectivity index (χ0v) is 6.46. The zero-order chi connectivity index (χ0) is 6.69. The molecule has 0 aliphatic carbocycles. The lowest BCUT2D eigenvalue weighted by atomic mass is 10.6. The highest BCUT2D eigenvalue weighted by Crippen LogP contribution is 2.32. The lowest BCUT2D eigenvalue weighted by molar-refractivity contribution is 0.407. The van der Waals surface area contributed by atoms with Crippen molar-refractivity contribution >= 4 is 23.4 Å². The molecule has 1 rings (SSSR count). The van der Waals surface area contributed by atoms with Gasteiger partial charge >= 0.3 is 0 Å². The number of hydrogen-bond donors (Lipinski definition) is 1. The van der Waals surface area contributed by atoms with Crippen LogP contribution in [0.15, 0.2) is 15.7 Å². The molecular weight excluding hydrogens is 156 g/mol. The van der Waals surface area contributed by atoms with Crippen LogP contribution in [0.3, 0.4) is 0 Å². The Labute approximate surface area is 61.7 Å². The minimum absolute atomic E-state index is 0.720. The Balaban J connectivity index is 2.85. The van der Waals surface area contributed by atoms with Crippen LogP contribution in [-0.4, -0.2) is 11.7 Å². The fourth-order valence-electron chi connectivity index (χ4n) is 0.502. The zero-order valence-electron chi connectivity index (χ0n) is 4.83. The molecule has 0 unspecified atom stereocenters. The second-order valence-corrected chi connectivity index (χ2v) is 3.13. The maximum Gasteiger partial charge on any atom is 0.145 e. The van der Waals surface area contributed by atoms with Crippen molar-refractivity contribution in [2.45, 2.75) is 4.21 Å². The van der Waals surface area contributed by atoms with Gasteiger partial charge in [-0.2, -0.15) is 0 Å². The molecule has 1 aromatic heterocycles. The highest BCUT2D eigenvalue weighted by molar-refractivity contribution is 7.95. The van der Waals surface area contributed by atoms with E-state index in [-0.39, 0.29) is 0 Å². The van der Waals surface area contributed by atoms with E-state index in [0.29, 0.717) is 0 Å².